The zero-order valence-corrected chi connectivity index (χ0v) is 16.4. The molecule has 0 spiro atoms. The largest absolute Gasteiger partial charge is 0.497 e. The second kappa shape index (κ2) is 8.97. The number of aryl methyl sites for hydroxylation is 1. The standard InChI is InChI=1S/C22H22N2O5/c1-14-6-7-15(11-18(14)24-22(26)19-5-4-10-29-19)21(25)23-13-16-8-9-17(27-2)12-20(16)28-3/h4-12H,13H2,1-3H3,(H,23,25)(H,24,26). The summed E-state index contributed by atoms with van der Waals surface area (Å²) in [6.45, 7) is 2.13. The Morgan fingerprint density at radius 1 is 1.00 bits per heavy atom. The van der Waals surface area contributed by atoms with Crippen molar-refractivity contribution >= 4 is 17.5 Å². The summed E-state index contributed by atoms with van der Waals surface area (Å²) in [5.41, 5.74) is 2.62. The summed E-state index contributed by atoms with van der Waals surface area (Å²) in [6, 6.07) is 13.7. The second-order valence-electron chi connectivity index (χ2n) is 6.32. The lowest BCUT2D eigenvalue weighted by molar-refractivity contribution is 0.0948. The zero-order valence-electron chi connectivity index (χ0n) is 16.4. The fourth-order valence-corrected chi connectivity index (χ4v) is 2.77. The average molecular weight is 394 g/mol. The molecule has 0 unspecified atom stereocenters. The smallest absolute Gasteiger partial charge is 0.291 e. The molecule has 0 fully saturated rings. The van der Waals surface area contributed by atoms with Crippen molar-refractivity contribution < 1.29 is 23.5 Å². The van der Waals surface area contributed by atoms with Gasteiger partial charge in [-0.15, -0.1) is 0 Å². The molecule has 1 heterocycles. The Kier molecular flexibility index (Phi) is 6.19. The number of furan rings is 1. The number of ether oxygens (including phenoxy) is 2. The van der Waals surface area contributed by atoms with Crippen LogP contribution in [0.4, 0.5) is 5.69 Å². The molecule has 7 nitrogen and oxygen atoms in total. The van der Waals surface area contributed by atoms with E-state index in [2.05, 4.69) is 10.6 Å². The van der Waals surface area contributed by atoms with E-state index in [1.165, 1.54) is 6.26 Å². The van der Waals surface area contributed by atoms with Crippen LogP contribution in [0.2, 0.25) is 0 Å². The fourth-order valence-electron chi connectivity index (χ4n) is 2.77. The maximum atomic E-state index is 12.6. The van der Waals surface area contributed by atoms with Gasteiger partial charge in [-0.05, 0) is 48.9 Å². The van der Waals surface area contributed by atoms with Crippen molar-refractivity contribution in [2.24, 2.45) is 0 Å². The van der Waals surface area contributed by atoms with Gasteiger partial charge in [0.1, 0.15) is 11.5 Å². The van der Waals surface area contributed by atoms with Gasteiger partial charge >= 0.3 is 0 Å². The topological polar surface area (TPSA) is 89.8 Å². The van der Waals surface area contributed by atoms with E-state index < -0.39 is 0 Å². The van der Waals surface area contributed by atoms with Crippen molar-refractivity contribution in [1.82, 2.24) is 5.32 Å². The van der Waals surface area contributed by atoms with Gasteiger partial charge in [0, 0.05) is 29.4 Å². The van der Waals surface area contributed by atoms with Crippen molar-refractivity contribution in [3.05, 3.63) is 77.2 Å². The van der Waals surface area contributed by atoms with Gasteiger partial charge in [0.15, 0.2) is 5.76 Å². The van der Waals surface area contributed by atoms with Gasteiger partial charge in [-0.1, -0.05) is 6.07 Å². The summed E-state index contributed by atoms with van der Waals surface area (Å²) in [6.07, 6.45) is 1.43. The number of anilines is 1. The van der Waals surface area contributed by atoms with Gasteiger partial charge in [0.05, 0.1) is 20.5 Å². The first-order chi connectivity index (χ1) is 14.0. The minimum Gasteiger partial charge on any atom is -0.497 e. The van der Waals surface area contributed by atoms with Gasteiger partial charge in [0.2, 0.25) is 0 Å². The Bertz CT molecular complexity index is 1010. The maximum absolute atomic E-state index is 12.6. The van der Waals surface area contributed by atoms with Crippen LogP contribution in [-0.4, -0.2) is 26.0 Å². The highest BCUT2D eigenvalue weighted by Gasteiger charge is 2.14. The third kappa shape index (κ3) is 4.76. The first-order valence-corrected chi connectivity index (χ1v) is 8.96. The molecule has 2 amide bonds. The SMILES string of the molecule is COc1ccc(CNC(=O)c2ccc(C)c(NC(=O)c3ccco3)c2)c(OC)c1. The van der Waals surface area contributed by atoms with Crippen molar-refractivity contribution in [1.29, 1.82) is 0 Å². The molecule has 0 bridgehead atoms. The van der Waals surface area contributed by atoms with E-state index in [-0.39, 0.29) is 24.1 Å². The van der Waals surface area contributed by atoms with Crippen LogP contribution in [0, 0.1) is 6.92 Å². The Balaban J connectivity index is 1.70. The van der Waals surface area contributed by atoms with Crippen molar-refractivity contribution in [3.63, 3.8) is 0 Å². The quantitative estimate of drug-likeness (QED) is 0.636. The third-order valence-corrected chi connectivity index (χ3v) is 4.43. The van der Waals surface area contributed by atoms with Crippen molar-refractivity contribution in [3.8, 4) is 11.5 Å². The number of hydrogen-bond acceptors (Lipinski definition) is 5. The molecule has 0 aliphatic rings. The van der Waals surface area contributed by atoms with Gasteiger partial charge in [0.25, 0.3) is 11.8 Å². The molecule has 0 aliphatic heterocycles. The molecule has 2 N–H and O–H groups in total. The highest BCUT2D eigenvalue weighted by molar-refractivity contribution is 6.03. The van der Waals surface area contributed by atoms with Gasteiger partial charge in [-0.2, -0.15) is 0 Å². The lowest BCUT2D eigenvalue weighted by Crippen LogP contribution is -2.23. The first-order valence-electron chi connectivity index (χ1n) is 8.96. The minimum atomic E-state index is -0.376. The fraction of sp³-hybridized carbons (Fsp3) is 0.182. The molecule has 0 saturated heterocycles. The Labute approximate surface area is 168 Å². The monoisotopic (exact) mass is 394 g/mol. The number of rotatable bonds is 7. The van der Waals surface area contributed by atoms with E-state index in [0.717, 1.165) is 11.1 Å². The number of carbonyl (C=O) groups excluding carboxylic acids is 2. The molecular weight excluding hydrogens is 372 g/mol. The molecule has 0 saturated carbocycles. The van der Waals surface area contributed by atoms with E-state index in [1.807, 2.05) is 13.0 Å². The highest BCUT2D eigenvalue weighted by Crippen LogP contribution is 2.24. The molecule has 1 aromatic heterocycles. The summed E-state index contributed by atoms with van der Waals surface area (Å²) >= 11 is 0. The Morgan fingerprint density at radius 3 is 2.52 bits per heavy atom. The van der Waals surface area contributed by atoms with Crippen molar-refractivity contribution in [2.75, 3.05) is 19.5 Å². The average Bonchev–Trinajstić information content (AvgIpc) is 3.28. The number of amides is 2. The molecular formula is C22H22N2O5. The third-order valence-electron chi connectivity index (χ3n) is 4.43. The van der Waals surface area contributed by atoms with Crippen LogP contribution in [0.25, 0.3) is 0 Å². The molecule has 2 aromatic carbocycles. The van der Waals surface area contributed by atoms with Crippen LogP contribution in [-0.2, 0) is 6.54 Å². The zero-order chi connectivity index (χ0) is 20.8. The van der Waals surface area contributed by atoms with Crippen LogP contribution >= 0.6 is 0 Å². The number of methoxy groups -OCH3 is 2. The molecule has 3 rings (SSSR count). The van der Waals surface area contributed by atoms with Gasteiger partial charge in [-0.25, -0.2) is 0 Å². The predicted molar refractivity (Wildman–Crippen MR) is 109 cm³/mol. The lowest BCUT2D eigenvalue weighted by atomic mass is 10.1. The summed E-state index contributed by atoms with van der Waals surface area (Å²) < 4.78 is 15.6. The number of benzene rings is 2. The Morgan fingerprint density at radius 2 is 1.83 bits per heavy atom. The molecule has 150 valence electrons. The molecule has 0 aliphatic carbocycles. The van der Waals surface area contributed by atoms with E-state index in [0.29, 0.717) is 22.7 Å². The molecule has 7 heteroatoms. The van der Waals surface area contributed by atoms with Crippen LogP contribution in [0.5, 0.6) is 11.5 Å². The highest BCUT2D eigenvalue weighted by atomic mass is 16.5. The van der Waals surface area contributed by atoms with Crippen LogP contribution in [0.15, 0.2) is 59.2 Å². The maximum Gasteiger partial charge on any atom is 0.291 e. The van der Waals surface area contributed by atoms with E-state index >= 15 is 0 Å². The summed E-state index contributed by atoms with van der Waals surface area (Å²) in [5.74, 6) is 0.855. The van der Waals surface area contributed by atoms with Crippen molar-refractivity contribution in [2.45, 2.75) is 13.5 Å². The Hall–Kier alpha value is -3.74. The molecule has 0 atom stereocenters. The van der Waals surface area contributed by atoms with Gasteiger partial charge in [-0.3, -0.25) is 9.59 Å². The second-order valence-corrected chi connectivity index (χ2v) is 6.32. The molecule has 0 radical (unpaired) electrons. The summed E-state index contributed by atoms with van der Waals surface area (Å²) in [7, 11) is 3.14. The molecule has 3 aromatic rings. The summed E-state index contributed by atoms with van der Waals surface area (Å²) in [4.78, 5) is 24.8. The lowest BCUT2D eigenvalue weighted by Gasteiger charge is -2.13. The minimum absolute atomic E-state index is 0.200. The van der Waals surface area contributed by atoms with Crippen LogP contribution in [0.3, 0.4) is 0 Å². The normalized spacial score (nSPS) is 10.3. The first kappa shape index (κ1) is 20.0. The van der Waals surface area contributed by atoms with Crippen LogP contribution in [0.1, 0.15) is 32.0 Å². The van der Waals surface area contributed by atoms with Gasteiger partial charge < -0.3 is 24.5 Å². The summed E-state index contributed by atoms with van der Waals surface area (Å²) in [5, 5.41) is 5.63. The number of nitrogens with one attached hydrogen (secondary N) is 2. The van der Waals surface area contributed by atoms with Crippen LogP contribution < -0.4 is 20.1 Å². The molecule has 29 heavy (non-hydrogen) atoms. The van der Waals surface area contributed by atoms with E-state index in [1.54, 1.807) is 56.7 Å². The predicted octanol–water partition coefficient (Wildman–Crippen LogP) is 3.79. The van der Waals surface area contributed by atoms with E-state index in [4.69, 9.17) is 13.9 Å². The number of hydrogen-bond donors (Lipinski definition) is 2. The number of carbonyl (C=O) groups is 2. The van der Waals surface area contributed by atoms with E-state index in [9.17, 15) is 9.59 Å².